The van der Waals surface area contributed by atoms with Crippen molar-refractivity contribution in [3.05, 3.63) is 28.3 Å². The average Bonchev–Trinajstić information content (AvgIpc) is 2.84. The predicted molar refractivity (Wildman–Crippen MR) is 78.3 cm³/mol. The van der Waals surface area contributed by atoms with Crippen LogP contribution < -0.4 is 16.2 Å². The molecule has 1 fully saturated rings. The number of primary sulfonamides is 1. The lowest BCUT2D eigenvalue weighted by molar-refractivity contribution is -0.384. The Balaban J connectivity index is 2.33. The lowest BCUT2D eigenvalue weighted by atomic mass is 10.0. The minimum absolute atomic E-state index is 0.0639. The minimum atomic E-state index is -3.97. The zero-order valence-corrected chi connectivity index (χ0v) is 12.2. The van der Waals surface area contributed by atoms with E-state index in [0.717, 1.165) is 25.3 Å². The monoisotopic (exact) mass is 314 g/mol. The second-order valence-corrected chi connectivity index (χ2v) is 6.72. The topological polar surface area (TPSA) is 141 Å². The Morgan fingerprint density at radius 1 is 1.38 bits per heavy atom. The van der Waals surface area contributed by atoms with Crippen molar-refractivity contribution in [2.75, 3.05) is 11.9 Å². The highest BCUT2D eigenvalue weighted by Gasteiger charge is 2.28. The molecule has 1 aliphatic rings. The molecule has 1 aromatic carbocycles. The molecule has 0 amide bonds. The third-order valence-corrected chi connectivity index (χ3v) is 4.71. The Hall–Kier alpha value is -1.71. The van der Waals surface area contributed by atoms with Crippen LogP contribution in [0.3, 0.4) is 0 Å². The summed E-state index contributed by atoms with van der Waals surface area (Å²) < 4.78 is 22.6. The van der Waals surface area contributed by atoms with Gasteiger partial charge in [-0.2, -0.15) is 0 Å². The highest BCUT2D eigenvalue weighted by molar-refractivity contribution is 7.89. The third kappa shape index (κ3) is 3.49. The SMILES string of the molecule is NCC1CCCC1Nc1ccc(S(N)(=O)=O)cc1[N+](=O)[O-]. The van der Waals surface area contributed by atoms with E-state index < -0.39 is 14.9 Å². The molecule has 2 atom stereocenters. The number of rotatable bonds is 5. The van der Waals surface area contributed by atoms with Crippen LogP contribution in [0.1, 0.15) is 19.3 Å². The Labute approximate surface area is 122 Å². The highest BCUT2D eigenvalue weighted by atomic mass is 32.2. The summed E-state index contributed by atoms with van der Waals surface area (Å²) in [5.41, 5.74) is 5.68. The van der Waals surface area contributed by atoms with Gasteiger partial charge in [0.15, 0.2) is 0 Å². The van der Waals surface area contributed by atoms with Crippen LogP contribution in [0.4, 0.5) is 11.4 Å². The molecule has 0 aliphatic heterocycles. The molecule has 116 valence electrons. The molecule has 0 aromatic heterocycles. The van der Waals surface area contributed by atoms with Gasteiger partial charge in [-0.25, -0.2) is 13.6 Å². The number of sulfonamides is 1. The van der Waals surface area contributed by atoms with Gasteiger partial charge in [-0.3, -0.25) is 10.1 Å². The summed E-state index contributed by atoms with van der Waals surface area (Å²) >= 11 is 0. The Morgan fingerprint density at radius 2 is 2.10 bits per heavy atom. The van der Waals surface area contributed by atoms with Gasteiger partial charge in [0.05, 0.1) is 9.82 Å². The molecule has 0 spiro atoms. The molecular weight excluding hydrogens is 296 g/mol. The molecule has 0 saturated heterocycles. The second kappa shape index (κ2) is 5.96. The molecule has 1 saturated carbocycles. The predicted octanol–water partition coefficient (Wildman–Crippen LogP) is 0.782. The van der Waals surface area contributed by atoms with Crippen molar-refractivity contribution in [2.24, 2.45) is 16.8 Å². The Kier molecular flexibility index (Phi) is 4.45. The maximum Gasteiger partial charge on any atom is 0.293 e. The fraction of sp³-hybridized carbons (Fsp3) is 0.500. The van der Waals surface area contributed by atoms with Crippen LogP contribution in [-0.4, -0.2) is 25.9 Å². The highest BCUT2D eigenvalue weighted by Crippen LogP contribution is 2.32. The van der Waals surface area contributed by atoms with E-state index in [0.29, 0.717) is 6.54 Å². The molecule has 2 rings (SSSR count). The van der Waals surface area contributed by atoms with Crippen LogP contribution in [-0.2, 0) is 10.0 Å². The van der Waals surface area contributed by atoms with Gasteiger partial charge in [-0.1, -0.05) is 6.42 Å². The molecule has 0 heterocycles. The third-order valence-electron chi connectivity index (χ3n) is 3.80. The molecule has 1 aromatic rings. The van der Waals surface area contributed by atoms with E-state index in [1.165, 1.54) is 12.1 Å². The van der Waals surface area contributed by atoms with Crippen molar-refractivity contribution in [1.82, 2.24) is 0 Å². The number of nitrogens with one attached hydrogen (secondary N) is 1. The van der Waals surface area contributed by atoms with Crippen molar-refractivity contribution in [3.63, 3.8) is 0 Å². The largest absolute Gasteiger partial charge is 0.376 e. The van der Waals surface area contributed by atoms with Crippen molar-refractivity contribution < 1.29 is 13.3 Å². The fourth-order valence-electron chi connectivity index (χ4n) is 2.67. The maximum atomic E-state index is 11.3. The summed E-state index contributed by atoms with van der Waals surface area (Å²) in [5.74, 6) is 0.266. The van der Waals surface area contributed by atoms with Gasteiger partial charge in [0.25, 0.3) is 5.69 Å². The fourth-order valence-corrected chi connectivity index (χ4v) is 3.20. The smallest absolute Gasteiger partial charge is 0.293 e. The standard InChI is InChI=1S/C12H18N4O4S/c13-7-8-2-1-3-10(8)15-11-5-4-9(21(14,19)20)6-12(11)16(17)18/h4-6,8,10,15H,1-3,7,13H2,(H2,14,19,20). The summed E-state index contributed by atoms with van der Waals surface area (Å²) in [6.45, 7) is 0.515. The van der Waals surface area contributed by atoms with Gasteiger partial charge in [0.2, 0.25) is 10.0 Å². The summed E-state index contributed by atoms with van der Waals surface area (Å²) in [4.78, 5) is 10.2. The van der Waals surface area contributed by atoms with Crippen LogP contribution in [0, 0.1) is 16.0 Å². The van der Waals surface area contributed by atoms with Crippen LogP contribution in [0.2, 0.25) is 0 Å². The number of nitro groups is 1. The Morgan fingerprint density at radius 3 is 2.67 bits per heavy atom. The lowest BCUT2D eigenvalue weighted by Crippen LogP contribution is -2.29. The van der Waals surface area contributed by atoms with Crippen LogP contribution in [0.5, 0.6) is 0 Å². The number of hydrogen-bond donors (Lipinski definition) is 3. The summed E-state index contributed by atoms with van der Waals surface area (Å²) in [6.07, 6.45) is 2.88. The summed E-state index contributed by atoms with van der Waals surface area (Å²) in [5, 5.41) is 19.2. The summed E-state index contributed by atoms with van der Waals surface area (Å²) in [6, 6.07) is 3.68. The molecule has 21 heavy (non-hydrogen) atoms. The normalized spacial score (nSPS) is 22.2. The maximum absolute atomic E-state index is 11.3. The van der Waals surface area contributed by atoms with Gasteiger partial charge in [-0.05, 0) is 37.4 Å². The van der Waals surface area contributed by atoms with E-state index in [-0.39, 0.29) is 28.2 Å². The Bertz CT molecular complexity index is 647. The number of benzene rings is 1. The number of nitrogens with zero attached hydrogens (tertiary/aromatic N) is 1. The number of hydrogen-bond acceptors (Lipinski definition) is 6. The molecule has 8 nitrogen and oxygen atoms in total. The molecule has 5 N–H and O–H groups in total. The van der Waals surface area contributed by atoms with Gasteiger partial charge >= 0.3 is 0 Å². The lowest BCUT2D eigenvalue weighted by Gasteiger charge is -2.20. The van der Waals surface area contributed by atoms with Gasteiger partial charge in [0.1, 0.15) is 5.69 Å². The molecule has 1 aliphatic carbocycles. The van der Waals surface area contributed by atoms with Gasteiger partial charge < -0.3 is 11.1 Å². The first kappa shape index (κ1) is 15.7. The number of nitro benzene ring substituents is 1. The van der Waals surface area contributed by atoms with Crippen molar-refractivity contribution in [3.8, 4) is 0 Å². The van der Waals surface area contributed by atoms with Crippen LogP contribution >= 0.6 is 0 Å². The van der Waals surface area contributed by atoms with E-state index >= 15 is 0 Å². The molecule has 2 unspecified atom stereocenters. The van der Waals surface area contributed by atoms with E-state index in [1.54, 1.807) is 0 Å². The summed E-state index contributed by atoms with van der Waals surface area (Å²) in [7, 11) is -3.97. The van der Waals surface area contributed by atoms with E-state index in [9.17, 15) is 18.5 Å². The molecule has 0 bridgehead atoms. The van der Waals surface area contributed by atoms with E-state index in [1.807, 2.05) is 0 Å². The molecule has 0 radical (unpaired) electrons. The van der Waals surface area contributed by atoms with Gasteiger partial charge in [0, 0.05) is 12.1 Å². The number of anilines is 1. The molecule has 9 heteroatoms. The zero-order valence-electron chi connectivity index (χ0n) is 11.4. The van der Waals surface area contributed by atoms with Crippen molar-refractivity contribution in [1.29, 1.82) is 0 Å². The molecular formula is C12H18N4O4S. The first-order chi connectivity index (χ1) is 9.82. The van der Waals surface area contributed by atoms with Crippen LogP contribution in [0.15, 0.2) is 23.1 Å². The number of nitrogens with two attached hydrogens (primary N) is 2. The van der Waals surface area contributed by atoms with Crippen molar-refractivity contribution >= 4 is 21.4 Å². The minimum Gasteiger partial charge on any atom is -0.376 e. The van der Waals surface area contributed by atoms with Gasteiger partial charge in [-0.15, -0.1) is 0 Å². The second-order valence-electron chi connectivity index (χ2n) is 5.16. The quantitative estimate of drug-likeness (QED) is 0.541. The first-order valence-electron chi connectivity index (χ1n) is 6.60. The van der Waals surface area contributed by atoms with Crippen LogP contribution in [0.25, 0.3) is 0 Å². The zero-order chi connectivity index (χ0) is 15.6. The first-order valence-corrected chi connectivity index (χ1v) is 8.15. The van der Waals surface area contributed by atoms with Crippen molar-refractivity contribution in [2.45, 2.75) is 30.2 Å². The van der Waals surface area contributed by atoms with E-state index in [4.69, 9.17) is 10.9 Å². The van der Waals surface area contributed by atoms with E-state index in [2.05, 4.69) is 5.32 Å². The average molecular weight is 314 g/mol.